The van der Waals surface area contributed by atoms with Gasteiger partial charge in [0.2, 0.25) is 0 Å². The molecule has 0 amide bonds. The lowest BCUT2D eigenvalue weighted by atomic mass is 9.69. The van der Waals surface area contributed by atoms with Gasteiger partial charge in [-0.25, -0.2) is 0 Å². The van der Waals surface area contributed by atoms with Crippen molar-refractivity contribution in [2.45, 2.75) is 38.7 Å². The summed E-state index contributed by atoms with van der Waals surface area (Å²) in [6, 6.07) is 0. The van der Waals surface area contributed by atoms with Gasteiger partial charge in [-0.1, -0.05) is 0 Å². The second-order valence-corrected chi connectivity index (χ2v) is 4.36. The highest BCUT2D eigenvalue weighted by atomic mass is 16.5. The van der Waals surface area contributed by atoms with E-state index in [0.29, 0.717) is 25.7 Å². The molecule has 2 rings (SSSR count). The van der Waals surface area contributed by atoms with Crippen LogP contribution in [-0.4, -0.2) is 23.6 Å². The molecule has 0 aromatic heterocycles. The van der Waals surface area contributed by atoms with E-state index >= 15 is 0 Å². The Morgan fingerprint density at radius 3 is 2.73 bits per heavy atom. The van der Waals surface area contributed by atoms with Crippen LogP contribution >= 0.6 is 0 Å². The fourth-order valence-electron chi connectivity index (χ4n) is 2.57. The van der Waals surface area contributed by atoms with Crippen molar-refractivity contribution in [2.24, 2.45) is 11.8 Å². The van der Waals surface area contributed by atoms with Crippen molar-refractivity contribution in [3.05, 3.63) is 0 Å². The number of hydrogen-bond donors (Lipinski definition) is 0. The quantitative estimate of drug-likeness (QED) is 0.476. The van der Waals surface area contributed by atoms with Crippen molar-refractivity contribution in [1.82, 2.24) is 0 Å². The van der Waals surface area contributed by atoms with E-state index in [0.717, 1.165) is 0 Å². The Bertz CT molecular complexity index is 321. The summed E-state index contributed by atoms with van der Waals surface area (Å²) in [5.41, 5.74) is 0. The summed E-state index contributed by atoms with van der Waals surface area (Å²) in [4.78, 5) is 34.0. The first-order valence-electron chi connectivity index (χ1n) is 5.31. The number of fused-ring (bicyclic) bond motifs is 2. The van der Waals surface area contributed by atoms with Gasteiger partial charge in [-0.15, -0.1) is 0 Å². The number of Topliss-reactive ketones (excluding diaryl/α,β-unsaturated/α-hetero) is 2. The van der Waals surface area contributed by atoms with Gasteiger partial charge in [-0.2, -0.15) is 0 Å². The molecule has 3 unspecified atom stereocenters. The Morgan fingerprint density at radius 1 is 1.33 bits per heavy atom. The lowest BCUT2D eigenvalue weighted by Gasteiger charge is -2.36. The highest BCUT2D eigenvalue weighted by molar-refractivity contribution is 6.06. The van der Waals surface area contributed by atoms with Crippen molar-refractivity contribution < 1.29 is 19.1 Å². The van der Waals surface area contributed by atoms with Crippen molar-refractivity contribution in [3.8, 4) is 0 Å². The summed E-state index contributed by atoms with van der Waals surface area (Å²) in [5.74, 6) is -0.810. The molecule has 0 saturated heterocycles. The minimum Gasteiger partial charge on any atom is -0.463 e. The van der Waals surface area contributed by atoms with Crippen molar-refractivity contribution in [3.63, 3.8) is 0 Å². The largest absolute Gasteiger partial charge is 0.463 e. The molecule has 2 aliphatic carbocycles. The summed E-state index contributed by atoms with van der Waals surface area (Å²) in [5, 5.41) is 0. The molecule has 0 heterocycles. The van der Waals surface area contributed by atoms with Gasteiger partial charge in [-0.3, -0.25) is 14.4 Å². The molecule has 3 atom stereocenters. The lowest BCUT2D eigenvalue weighted by molar-refractivity contribution is -0.157. The molecule has 2 bridgehead atoms. The molecule has 2 fully saturated rings. The molecular formula is C11H14O4. The number of carbonyl (C=O) groups excluding carboxylic acids is 3. The van der Waals surface area contributed by atoms with E-state index in [1.54, 1.807) is 0 Å². The van der Waals surface area contributed by atoms with Gasteiger partial charge in [0, 0.05) is 25.7 Å². The topological polar surface area (TPSA) is 60.4 Å². The standard InChI is InChI=1S/C11H14O4/c1-6(12)15-8-4-7-2-3-10(13)9(5-8)11(7)14/h7-9H,2-5H2,1H3. The zero-order chi connectivity index (χ0) is 11.0. The molecule has 4 heteroatoms. The first-order valence-corrected chi connectivity index (χ1v) is 5.31. The van der Waals surface area contributed by atoms with E-state index in [1.807, 2.05) is 0 Å². The maximum Gasteiger partial charge on any atom is 0.302 e. The Hall–Kier alpha value is -1.19. The van der Waals surface area contributed by atoms with Crippen LogP contribution in [0, 0.1) is 11.8 Å². The number of carbonyl (C=O) groups is 3. The van der Waals surface area contributed by atoms with E-state index < -0.39 is 5.92 Å². The third kappa shape index (κ3) is 1.94. The van der Waals surface area contributed by atoms with Gasteiger partial charge in [0.05, 0.1) is 5.92 Å². The van der Waals surface area contributed by atoms with Crippen molar-refractivity contribution in [2.75, 3.05) is 0 Å². The third-order valence-electron chi connectivity index (χ3n) is 3.25. The number of hydrogen-bond acceptors (Lipinski definition) is 4. The van der Waals surface area contributed by atoms with Crippen LogP contribution in [0.3, 0.4) is 0 Å². The summed E-state index contributed by atoms with van der Waals surface area (Å²) in [6.45, 7) is 1.36. The van der Waals surface area contributed by atoms with E-state index in [1.165, 1.54) is 6.92 Å². The highest BCUT2D eigenvalue weighted by Crippen LogP contribution is 2.36. The van der Waals surface area contributed by atoms with Crippen LogP contribution in [0.25, 0.3) is 0 Å². The predicted octanol–water partition coefficient (Wildman–Crippen LogP) is 0.876. The fraction of sp³-hybridized carbons (Fsp3) is 0.727. The van der Waals surface area contributed by atoms with Crippen LogP contribution in [0.2, 0.25) is 0 Å². The molecule has 82 valence electrons. The summed E-state index contributed by atoms with van der Waals surface area (Å²) in [6.07, 6.45) is 1.90. The smallest absolute Gasteiger partial charge is 0.302 e. The molecule has 0 aromatic rings. The molecule has 0 N–H and O–H groups in total. The normalized spacial score (nSPS) is 35.1. The Balaban J connectivity index is 2.09. The molecule has 4 nitrogen and oxygen atoms in total. The molecule has 0 aliphatic heterocycles. The predicted molar refractivity (Wildman–Crippen MR) is 51.0 cm³/mol. The van der Waals surface area contributed by atoms with Crippen LogP contribution in [0.4, 0.5) is 0 Å². The number of esters is 1. The van der Waals surface area contributed by atoms with E-state index in [2.05, 4.69) is 0 Å². The van der Waals surface area contributed by atoms with E-state index in [4.69, 9.17) is 4.74 Å². The zero-order valence-electron chi connectivity index (χ0n) is 8.69. The SMILES string of the molecule is CC(=O)OC1CC2CCC(=O)C(C1)C2=O. The summed E-state index contributed by atoms with van der Waals surface area (Å²) in [7, 11) is 0. The van der Waals surface area contributed by atoms with Gasteiger partial charge in [0.1, 0.15) is 17.7 Å². The maximum absolute atomic E-state index is 11.7. The molecule has 0 radical (unpaired) electrons. The molecule has 2 aliphatic rings. The molecule has 0 aromatic carbocycles. The van der Waals surface area contributed by atoms with Crippen molar-refractivity contribution >= 4 is 17.5 Å². The second kappa shape index (κ2) is 3.76. The van der Waals surface area contributed by atoms with Crippen LogP contribution in [-0.2, 0) is 19.1 Å². The first kappa shape index (κ1) is 10.3. The second-order valence-electron chi connectivity index (χ2n) is 4.36. The highest BCUT2D eigenvalue weighted by Gasteiger charge is 2.44. The summed E-state index contributed by atoms with van der Waals surface area (Å²) >= 11 is 0. The Kier molecular flexibility index (Phi) is 2.59. The van der Waals surface area contributed by atoms with Gasteiger partial charge in [-0.05, 0) is 12.8 Å². The lowest BCUT2D eigenvalue weighted by Crippen LogP contribution is -2.44. The van der Waals surface area contributed by atoms with Crippen LogP contribution in [0.5, 0.6) is 0 Å². The Labute approximate surface area is 88.0 Å². The van der Waals surface area contributed by atoms with Crippen LogP contribution in [0.15, 0.2) is 0 Å². The fourth-order valence-corrected chi connectivity index (χ4v) is 2.57. The average Bonchev–Trinajstić information content (AvgIpc) is 2.13. The van der Waals surface area contributed by atoms with Crippen LogP contribution in [0.1, 0.15) is 32.6 Å². The molecule has 0 spiro atoms. The van der Waals surface area contributed by atoms with Gasteiger partial charge in [0.25, 0.3) is 0 Å². The number of rotatable bonds is 1. The minimum absolute atomic E-state index is 0.0214. The van der Waals surface area contributed by atoms with Gasteiger partial charge >= 0.3 is 5.97 Å². The van der Waals surface area contributed by atoms with Crippen LogP contribution < -0.4 is 0 Å². The van der Waals surface area contributed by atoms with Gasteiger partial charge < -0.3 is 4.74 Å². The maximum atomic E-state index is 11.7. The monoisotopic (exact) mass is 210 g/mol. The third-order valence-corrected chi connectivity index (χ3v) is 3.25. The minimum atomic E-state index is -0.498. The number of ether oxygens (including phenoxy) is 1. The van der Waals surface area contributed by atoms with E-state index in [9.17, 15) is 14.4 Å². The summed E-state index contributed by atoms with van der Waals surface area (Å²) < 4.78 is 5.08. The average molecular weight is 210 g/mol. The van der Waals surface area contributed by atoms with Gasteiger partial charge in [0.15, 0.2) is 0 Å². The molecule has 15 heavy (non-hydrogen) atoms. The van der Waals surface area contributed by atoms with E-state index in [-0.39, 0.29) is 29.6 Å². The zero-order valence-corrected chi connectivity index (χ0v) is 8.69. The number of ketones is 2. The van der Waals surface area contributed by atoms with Crippen molar-refractivity contribution in [1.29, 1.82) is 0 Å². The Morgan fingerprint density at radius 2 is 2.07 bits per heavy atom. The molecular weight excluding hydrogens is 196 g/mol. The first-order chi connectivity index (χ1) is 7.08. The molecule has 2 saturated carbocycles.